The van der Waals surface area contributed by atoms with E-state index in [0.29, 0.717) is 5.75 Å². The number of aryl methyl sites for hydroxylation is 1. The van der Waals surface area contributed by atoms with Crippen molar-refractivity contribution in [3.63, 3.8) is 0 Å². The number of nitrogens with zero attached hydrogens (tertiary/aromatic N) is 1. The second kappa shape index (κ2) is 9.72. The molecule has 0 aromatic heterocycles. The molecule has 2 rings (SSSR count). The maximum absolute atomic E-state index is 12.1. The molecule has 0 saturated carbocycles. The van der Waals surface area contributed by atoms with E-state index in [1.165, 1.54) is 18.2 Å². The predicted molar refractivity (Wildman–Crippen MR) is 99.1 cm³/mol. The molecule has 0 atom stereocenters. The number of amides is 1. The number of benzene rings is 2. The van der Waals surface area contributed by atoms with E-state index >= 15 is 0 Å². The Morgan fingerprint density at radius 1 is 1.18 bits per heavy atom. The maximum Gasteiger partial charge on any atom is 0.475 e. The van der Waals surface area contributed by atoms with Gasteiger partial charge in [-0.25, -0.2) is 10.0 Å². The van der Waals surface area contributed by atoms with Crippen LogP contribution < -0.4 is 10.1 Å². The fraction of sp³-hybridized carbons (Fsp3) is 0.158. The molecule has 0 aliphatic rings. The highest BCUT2D eigenvalue weighted by atomic mass is 17.0. The van der Waals surface area contributed by atoms with Crippen molar-refractivity contribution in [1.82, 2.24) is 0 Å². The highest BCUT2D eigenvalue weighted by Gasteiger charge is 2.10. The normalized spacial score (nSPS) is 10.5. The largest absolute Gasteiger partial charge is 0.489 e. The summed E-state index contributed by atoms with van der Waals surface area (Å²) in [4.78, 5) is 37.7. The fourth-order valence-corrected chi connectivity index (χ4v) is 2.33. The van der Waals surface area contributed by atoms with Gasteiger partial charge in [-0.1, -0.05) is 18.2 Å². The molecule has 146 valence electrons. The Labute approximate surface area is 160 Å². The van der Waals surface area contributed by atoms with E-state index in [2.05, 4.69) is 10.2 Å². The number of hydrogen-bond donors (Lipinski definition) is 3. The third kappa shape index (κ3) is 6.13. The Bertz CT molecular complexity index is 909. The van der Waals surface area contributed by atoms with Crippen LogP contribution >= 0.6 is 0 Å². The smallest absolute Gasteiger partial charge is 0.475 e. The average Bonchev–Trinajstić information content (AvgIpc) is 2.65. The van der Waals surface area contributed by atoms with Gasteiger partial charge >= 0.3 is 11.1 Å². The molecule has 1 amide bonds. The lowest BCUT2D eigenvalue weighted by molar-refractivity contribution is -0.975. The molecule has 0 radical (unpaired) electrons. The first-order chi connectivity index (χ1) is 13.4. The number of carbonyl (C=O) groups is 2. The van der Waals surface area contributed by atoms with Crippen LogP contribution in [0.4, 0.5) is 5.69 Å². The number of anilines is 1. The summed E-state index contributed by atoms with van der Waals surface area (Å²) in [6, 6.07) is 11.3. The quantitative estimate of drug-likeness (QED) is 0.343. The van der Waals surface area contributed by atoms with Crippen molar-refractivity contribution in [2.75, 3.05) is 18.5 Å². The van der Waals surface area contributed by atoms with Gasteiger partial charge < -0.3 is 15.2 Å². The minimum Gasteiger partial charge on any atom is -0.489 e. The van der Waals surface area contributed by atoms with Gasteiger partial charge in [0.05, 0.1) is 11.3 Å². The second-order valence-corrected chi connectivity index (χ2v) is 5.62. The molecule has 0 aliphatic heterocycles. The monoisotopic (exact) mass is 387 g/mol. The summed E-state index contributed by atoms with van der Waals surface area (Å²) in [5.74, 6) is -1.02. The van der Waals surface area contributed by atoms with Gasteiger partial charge in [0, 0.05) is 6.08 Å². The van der Waals surface area contributed by atoms with Crippen LogP contribution in [-0.2, 0) is 9.63 Å². The summed E-state index contributed by atoms with van der Waals surface area (Å²) in [7, 11) is 0. The molecule has 28 heavy (non-hydrogen) atoms. The number of carboxylic acids is 1. The van der Waals surface area contributed by atoms with E-state index in [9.17, 15) is 14.5 Å². The van der Waals surface area contributed by atoms with Crippen LogP contribution in [0.2, 0.25) is 0 Å². The Hall–Kier alpha value is -3.88. The summed E-state index contributed by atoms with van der Waals surface area (Å²) in [5.41, 5.74) is 1.75. The summed E-state index contributed by atoms with van der Waals surface area (Å²) >= 11 is 0. The molecule has 3 N–H and O–H groups in total. The van der Waals surface area contributed by atoms with Gasteiger partial charge in [0.25, 0.3) is 0 Å². The number of carbonyl (C=O) groups excluding carboxylic acids is 1. The van der Waals surface area contributed by atoms with Gasteiger partial charge in [-0.2, -0.15) is 4.84 Å². The SMILES string of the molecule is Cc1cc(/C=C/C(=O)Nc2ccccc2C(=O)O)ccc1OCCO[N+](=O)O. The molecular weight excluding hydrogens is 368 g/mol. The third-order valence-electron chi connectivity index (χ3n) is 3.58. The number of para-hydroxylation sites is 1. The number of rotatable bonds is 9. The third-order valence-corrected chi connectivity index (χ3v) is 3.58. The van der Waals surface area contributed by atoms with Crippen molar-refractivity contribution < 1.29 is 34.6 Å². The van der Waals surface area contributed by atoms with E-state index in [1.54, 1.807) is 36.4 Å². The Kier molecular flexibility index (Phi) is 7.09. The Morgan fingerprint density at radius 2 is 1.93 bits per heavy atom. The molecule has 2 aromatic carbocycles. The standard InChI is InChI=1S/C19H18N2O7/c1-13-12-14(6-8-17(13)27-10-11-28-21(25)26)7-9-18(22)20-16-5-3-2-4-15(16)19(23)24/h2-9,12H,10-11H2,1H3,(H2-,20,22,23,24,25,26)/p+1/b9-7+. The summed E-state index contributed by atoms with van der Waals surface area (Å²) in [6.45, 7) is 1.77. The number of ether oxygens (including phenoxy) is 1. The molecule has 2 aromatic rings. The topological polar surface area (TPSA) is 125 Å². The predicted octanol–water partition coefficient (Wildman–Crippen LogP) is 2.82. The van der Waals surface area contributed by atoms with Crippen LogP contribution in [0.3, 0.4) is 0 Å². The molecule has 9 nitrogen and oxygen atoms in total. The maximum atomic E-state index is 12.1. The van der Waals surface area contributed by atoms with Crippen LogP contribution in [-0.4, -0.2) is 40.5 Å². The van der Waals surface area contributed by atoms with Crippen molar-refractivity contribution >= 4 is 23.6 Å². The van der Waals surface area contributed by atoms with E-state index in [0.717, 1.165) is 11.1 Å². The van der Waals surface area contributed by atoms with Gasteiger partial charge in [0.15, 0.2) is 0 Å². The zero-order chi connectivity index (χ0) is 20.5. The number of carboxylic acid groups (broad SMARTS) is 1. The number of nitrogens with one attached hydrogen (secondary N) is 1. The lowest BCUT2D eigenvalue weighted by Crippen LogP contribution is -2.12. The zero-order valence-electron chi connectivity index (χ0n) is 15.0. The van der Waals surface area contributed by atoms with Crippen LogP contribution in [0, 0.1) is 11.8 Å². The molecule has 0 bridgehead atoms. The van der Waals surface area contributed by atoms with Crippen molar-refractivity contribution in [2.45, 2.75) is 6.92 Å². The first kappa shape index (κ1) is 20.4. The van der Waals surface area contributed by atoms with Crippen LogP contribution in [0.5, 0.6) is 5.75 Å². The van der Waals surface area contributed by atoms with Gasteiger partial charge in [0.2, 0.25) is 12.5 Å². The summed E-state index contributed by atoms with van der Waals surface area (Å²) in [6.07, 6.45) is 2.88. The first-order valence-electron chi connectivity index (χ1n) is 8.20. The Morgan fingerprint density at radius 3 is 2.61 bits per heavy atom. The molecule has 0 saturated heterocycles. The van der Waals surface area contributed by atoms with Crippen molar-refractivity contribution in [2.24, 2.45) is 0 Å². The van der Waals surface area contributed by atoms with Crippen molar-refractivity contribution in [3.8, 4) is 5.75 Å². The number of aromatic carboxylic acids is 1. The fourth-order valence-electron chi connectivity index (χ4n) is 2.33. The molecule has 9 heteroatoms. The number of hydrogen-bond acceptors (Lipinski definition) is 5. The molecule has 0 fully saturated rings. The van der Waals surface area contributed by atoms with Crippen molar-refractivity contribution in [1.29, 1.82) is 0 Å². The van der Waals surface area contributed by atoms with Gasteiger partial charge in [-0.05, 0) is 48.4 Å². The van der Waals surface area contributed by atoms with E-state index in [4.69, 9.17) is 15.1 Å². The summed E-state index contributed by atoms with van der Waals surface area (Å²) in [5, 5.41) is 19.3. The minimum atomic E-state index is -1.13. The van der Waals surface area contributed by atoms with Gasteiger partial charge in [-0.15, -0.1) is 0 Å². The lowest BCUT2D eigenvalue weighted by atomic mass is 10.1. The minimum absolute atomic E-state index is 0.00636. The molecular formula is C19H19N2O7+. The average molecular weight is 387 g/mol. The molecule has 0 unspecified atom stereocenters. The highest BCUT2D eigenvalue weighted by molar-refractivity contribution is 6.06. The first-order valence-corrected chi connectivity index (χ1v) is 8.20. The van der Waals surface area contributed by atoms with E-state index in [-0.39, 0.29) is 24.5 Å². The van der Waals surface area contributed by atoms with Crippen LogP contribution in [0.1, 0.15) is 21.5 Å². The molecule has 0 heterocycles. The van der Waals surface area contributed by atoms with Gasteiger partial charge in [0.1, 0.15) is 17.3 Å². The zero-order valence-corrected chi connectivity index (χ0v) is 15.0. The van der Waals surface area contributed by atoms with Crippen LogP contribution in [0.15, 0.2) is 48.5 Å². The summed E-state index contributed by atoms with van der Waals surface area (Å²) < 4.78 is 5.42. The lowest BCUT2D eigenvalue weighted by Gasteiger charge is -2.08. The molecule has 0 spiro atoms. The van der Waals surface area contributed by atoms with Gasteiger partial charge in [-0.3, -0.25) is 4.79 Å². The second-order valence-electron chi connectivity index (χ2n) is 5.62. The Balaban J connectivity index is 1.96. The molecule has 0 aliphatic carbocycles. The van der Waals surface area contributed by atoms with E-state index in [1.807, 2.05) is 6.92 Å². The van der Waals surface area contributed by atoms with Crippen LogP contribution in [0.25, 0.3) is 6.08 Å². The highest BCUT2D eigenvalue weighted by Crippen LogP contribution is 2.20. The van der Waals surface area contributed by atoms with Crippen molar-refractivity contribution in [3.05, 3.63) is 70.1 Å². The van der Waals surface area contributed by atoms with E-state index < -0.39 is 17.0 Å².